The summed E-state index contributed by atoms with van der Waals surface area (Å²) in [6.07, 6.45) is 1.36. The third kappa shape index (κ3) is 3.78. The lowest BCUT2D eigenvalue weighted by Gasteiger charge is -2.09. The number of hydrogen-bond donors (Lipinski definition) is 3. The highest BCUT2D eigenvalue weighted by molar-refractivity contribution is 9.10. The van der Waals surface area contributed by atoms with Crippen molar-refractivity contribution in [3.05, 3.63) is 40.1 Å². The van der Waals surface area contributed by atoms with E-state index in [1.807, 2.05) is 0 Å². The van der Waals surface area contributed by atoms with Gasteiger partial charge in [0.05, 0.1) is 12.7 Å². The van der Waals surface area contributed by atoms with Crippen LogP contribution in [0.4, 0.5) is 5.69 Å². The average molecular weight is 354 g/mol. The smallest absolute Gasteiger partial charge is 0.358 e. The topological polar surface area (TPSA) is 123 Å². The van der Waals surface area contributed by atoms with Gasteiger partial charge in [-0.2, -0.15) is 0 Å². The van der Waals surface area contributed by atoms with E-state index < -0.39 is 11.9 Å². The first kappa shape index (κ1) is 15.0. The van der Waals surface area contributed by atoms with E-state index in [0.717, 1.165) is 5.69 Å². The Labute approximate surface area is 128 Å². The maximum atomic E-state index is 11.0. The zero-order valence-corrected chi connectivity index (χ0v) is 12.4. The minimum Gasteiger partial charge on any atom is -0.476 e. The van der Waals surface area contributed by atoms with E-state index in [0.29, 0.717) is 23.1 Å². The molecule has 0 aliphatic heterocycles. The van der Waals surface area contributed by atoms with Gasteiger partial charge in [0, 0.05) is 22.3 Å². The quantitative estimate of drug-likeness (QED) is 0.710. The van der Waals surface area contributed by atoms with Gasteiger partial charge < -0.3 is 16.2 Å². The molecule has 2 rings (SSSR count). The molecule has 0 aliphatic rings. The molecule has 1 heterocycles. The molecule has 0 radical (unpaired) electrons. The van der Waals surface area contributed by atoms with Gasteiger partial charge in [0.2, 0.25) is 5.91 Å². The number of carbonyl (C=O) groups excluding carboxylic acids is 1. The Morgan fingerprint density at radius 2 is 2.19 bits per heavy atom. The van der Waals surface area contributed by atoms with Crippen molar-refractivity contribution in [1.82, 2.24) is 15.0 Å². The number of rotatable bonds is 6. The maximum Gasteiger partial charge on any atom is 0.358 e. The third-order valence-electron chi connectivity index (χ3n) is 2.67. The number of halogens is 1. The summed E-state index contributed by atoms with van der Waals surface area (Å²) < 4.78 is 2.14. The largest absolute Gasteiger partial charge is 0.476 e. The second kappa shape index (κ2) is 6.35. The SMILES string of the molecule is NC(=O)c1ccc(NCCn2cc(C(=O)O)nn2)c(Br)c1. The average Bonchev–Trinajstić information content (AvgIpc) is 2.89. The van der Waals surface area contributed by atoms with Crippen molar-refractivity contribution >= 4 is 33.5 Å². The molecule has 4 N–H and O–H groups in total. The first-order chi connectivity index (χ1) is 9.97. The molecule has 0 spiro atoms. The Hall–Kier alpha value is -2.42. The van der Waals surface area contributed by atoms with Gasteiger partial charge in [0.25, 0.3) is 0 Å². The van der Waals surface area contributed by atoms with Crippen LogP contribution in [0.1, 0.15) is 20.8 Å². The minimum absolute atomic E-state index is 0.0954. The molecule has 21 heavy (non-hydrogen) atoms. The number of amides is 1. The Morgan fingerprint density at radius 3 is 2.76 bits per heavy atom. The molecule has 9 heteroatoms. The second-order valence-electron chi connectivity index (χ2n) is 4.16. The molecule has 0 atom stereocenters. The zero-order chi connectivity index (χ0) is 15.4. The summed E-state index contributed by atoms with van der Waals surface area (Å²) in [5.74, 6) is -1.61. The van der Waals surface area contributed by atoms with Gasteiger partial charge in [-0.25, -0.2) is 9.48 Å². The van der Waals surface area contributed by atoms with E-state index in [1.54, 1.807) is 18.2 Å². The van der Waals surface area contributed by atoms with E-state index >= 15 is 0 Å². The number of nitrogens with two attached hydrogens (primary N) is 1. The van der Waals surface area contributed by atoms with Gasteiger partial charge in [-0.05, 0) is 34.1 Å². The van der Waals surface area contributed by atoms with Crippen LogP contribution in [0.25, 0.3) is 0 Å². The Morgan fingerprint density at radius 1 is 1.43 bits per heavy atom. The van der Waals surface area contributed by atoms with Gasteiger partial charge in [-0.15, -0.1) is 5.10 Å². The summed E-state index contributed by atoms with van der Waals surface area (Å²) in [6, 6.07) is 4.98. The van der Waals surface area contributed by atoms with Gasteiger partial charge >= 0.3 is 5.97 Å². The fourth-order valence-corrected chi connectivity index (χ4v) is 2.14. The minimum atomic E-state index is -1.11. The highest BCUT2D eigenvalue weighted by Crippen LogP contribution is 2.23. The van der Waals surface area contributed by atoms with E-state index in [4.69, 9.17) is 10.8 Å². The van der Waals surface area contributed by atoms with Crippen molar-refractivity contribution < 1.29 is 14.7 Å². The molecule has 110 valence electrons. The summed E-state index contributed by atoms with van der Waals surface area (Å²) >= 11 is 3.34. The summed E-state index contributed by atoms with van der Waals surface area (Å²) in [5, 5.41) is 19.1. The molecule has 1 amide bonds. The monoisotopic (exact) mass is 353 g/mol. The van der Waals surface area contributed by atoms with Crippen LogP contribution in [-0.2, 0) is 6.54 Å². The highest BCUT2D eigenvalue weighted by Gasteiger charge is 2.08. The standard InChI is InChI=1S/C12H12BrN5O3/c13-8-5-7(11(14)19)1-2-9(8)15-3-4-18-6-10(12(20)21)16-17-18/h1-2,5-6,15H,3-4H2,(H2,14,19)(H,20,21). The number of hydrogen-bond acceptors (Lipinski definition) is 5. The van der Waals surface area contributed by atoms with E-state index in [1.165, 1.54) is 10.9 Å². The number of carboxylic acid groups (broad SMARTS) is 1. The lowest BCUT2D eigenvalue weighted by molar-refractivity contribution is 0.0690. The predicted octanol–water partition coefficient (Wildman–Crippen LogP) is 0.950. The molecule has 1 aromatic carbocycles. The normalized spacial score (nSPS) is 10.3. The van der Waals surface area contributed by atoms with E-state index in [9.17, 15) is 9.59 Å². The van der Waals surface area contributed by atoms with Crippen LogP contribution in [0.2, 0.25) is 0 Å². The molecule has 1 aromatic heterocycles. The fraction of sp³-hybridized carbons (Fsp3) is 0.167. The third-order valence-corrected chi connectivity index (χ3v) is 3.32. The summed E-state index contributed by atoms with van der Waals surface area (Å²) in [5.41, 5.74) is 6.30. The predicted molar refractivity (Wildman–Crippen MR) is 78.1 cm³/mol. The second-order valence-corrected chi connectivity index (χ2v) is 5.01. The number of anilines is 1. The van der Waals surface area contributed by atoms with Crippen LogP contribution in [0, 0.1) is 0 Å². The number of carboxylic acids is 1. The van der Waals surface area contributed by atoms with Crippen LogP contribution in [-0.4, -0.2) is 38.5 Å². The number of aromatic nitrogens is 3. The Bertz CT molecular complexity index is 685. The first-order valence-corrected chi connectivity index (χ1v) is 6.73. The molecule has 2 aromatic rings. The molecule has 8 nitrogen and oxygen atoms in total. The van der Waals surface area contributed by atoms with Crippen LogP contribution in [0.5, 0.6) is 0 Å². The van der Waals surface area contributed by atoms with Gasteiger partial charge in [-0.1, -0.05) is 5.21 Å². The van der Waals surface area contributed by atoms with Crippen LogP contribution < -0.4 is 11.1 Å². The Balaban J connectivity index is 1.93. The van der Waals surface area contributed by atoms with Crippen LogP contribution in [0.15, 0.2) is 28.9 Å². The molecular formula is C12H12BrN5O3. The lowest BCUT2D eigenvalue weighted by Crippen LogP contribution is -2.13. The molecule has 0 saturated heterocycles. The van der Waals surface area contributed by atoms with Gasteiger partial charge in [0.15, 0.2) is 5.69 Å². The van der Waals surface area contributed by atoms with E-state index in [2.05, 4.69) is 31.6 Å². The maximum absolute atomic E-state index is 11.0. The summed E-state index contributed by atoms with van der Waals surface area (Å²) in [4.78, 5) is 21.7. The number of benzene rings is 1. The van der Waals surface area contributed by atoms with Crippen molar-refractivity contribution in [2.75, 3.05) is 11.9 Å². The molecule has 0 saturated carbocycles. The lowest BCUT2D eigenvalue weighted by atomic mass is 10.2. The van der Waals surface area contributed by atoms with Gasteiger partial charge in [0.1, 0.15) is 0 Å². The number of nitrogens with zero attached hydrogens (tertiary/aromatic N) is 3. The first-order valence-electron chi connectivity index (χ1n) is 5.94. The highest BCUT2D eigenvalue weighted by atomic mass is 79.9. The van der Waals surface area contributed by atoms with Crippen LogP contribution >= 0.6 is 15.9 Å². The molecule has 0 fully saturated rings. The molecular weight excluding hydrogens is 342 g/mol. The number of carbonyl (C=O) groups is 2. The Kier molecular flexibility index (Phi) is 4.53. The van der Waals surface area contributed by atoms with Crippen molar-refractivity contribution in [3.63, 3.8) is 0 Å². The molecule has 0 aliphatic carbocycles. The van der Waals surface area contributed by atoms with Crippen molar-refractivity contribution in [2.24, 2.45) is 5.73 Å². The number of nitrogens with one attached hydrogen (secondary N) is 1. The zero-order valence-electron chi connectivity index (χ0n) is 10.8. The van der Waals surface area contributed by atoms with Gasteiger partial charge in [-0.3, -0.25) is 4.79 Å². The van der Waals surface area contributed by atoms with Crippen molar-refractivity contribution in [3.8, 4) is 0 Å². The van der Waals surface area contributed by atoms with Crippen molar-refractivity contribution in [2.45, 2.75) is 6.54 Å². The molecule has 0 unspecified atom stereocenters. The summed E-state index contributed by atoms with van der Waals surface area (Å²) in [7, 11) is 0. The van der Waals surface area contributed by atoms with E-state index in [-0.39, 0.29) is 5.69 Å². The number of primary amides is 1. The fourth-order valence-electron chi connectivity index (χ4n) is 1.62. The van der Waals surface area contributed by atoms with Crippen molar-refractivity contribution in [1.29, 1.82) is 0 Å². The number of aromatic carboxylic acids is 1. The molecule has 0 bridgehead atoms. The van der Waals surface area contributed by atoms with Crippen LogP contribution in [0.3, 0.4) is 0 Å². The summed E-state index contributed by atoms with van der Waals surface area (Å²) in [6.45, 7) is 0.960.